The fourth-order valence-electron chi connectivity index (χ4n) is 3.25. The van der Waals surface area contributed by atoms with Gasteiger partial charge in [-0.25, -0.2) is 0 Å². The predicted molar refractivity (Wildman–Crippen MR) is 101 cm³/mol. The number of aliphatic carboxylic acids is 1. The topological polar surface area (TPSA) is 54.4 Å². The molecule has 0 amide bonds. The molecule has 0 aromatic rings. The molecule has 24 heavy (non-hydrogen) atoms. The lowest BCUT2D eigenvalue weighted by Gasteiger charge is -2.10. The number of carbonyl (C=O) groups excluding carboxylic acids is 1. The van der Waals surface area contributed by atoms with Crippen LogP contribution in [0.2, 0.25) is 0 Å². The number of hydrogen-bond donors (Lipinski definition) is 1. The first-order chi connectivity index (χ1) is 11.6. The van der Waals surface area contributed by atoms with Crippen LogP contribution in [0.5, 0.6) is 0 Å². The third kappa shape index (κ3) is 16.0. The Kier molecular flexibility index (Phi) is 16.4. The Morgan fingerprint density at radius 2 is 1.08 bits per heavy atom. The number of Topliss-reactive ketones (excluding diaryl/α,β-unsaturated/α-hetero) is 1. The Morgan fingerprint density at radius 1 is 0.708 bits per heavy atom. The molecule has 3 nitrogen and oxygen atoms in total. The van der Waals surface area contributed by atoms with Crippen molar-refractivity contribution in [3.8, 4) is 0 Å². The van der Waals surface area contributed by atoms with Crippen molar-refractivity contribution in [1.82, 2.24) is 0 Å². The van der Waals surface area contributed by atoms with Gasteiger partial charge in [-0.1, -0.05) is 96.8 Å². The molecule has 1 N–H and O–H groups in total. The molecule has 0 saturated heterocycles. The summed E-state index contributed by atoms with van der Waals surface area (Å²) in [6, 6.07) is 0. The maximum absolute atomic E-state index is 11.0. The van der Waals surface area contributed by atoms with E-state index in [0.29, 0.717) is 6.42 Å². The number of ketones is 1. The summed E-state index contributed by atoms with van der Waals surface area (Å²) in [6.07, 6.45) is 19.1. The van der Waals surface area contributed by atoms with Crippen LogP contribution in [0.1, 0.15) is 117 Å². The van der Waals surface area contributed by atoms with Gasteiger partial charge in [-0.2, -0.15) is 0 Å². The molecule has 0 aliphatic rings. The standard InChI is InChI=1S/C21H40O3/c1-3-4-5-6-7-8-9-10-11-12-13-14-15-16-17-20(21(23)24)18-19(2)22/h20H,3-18H2,1-2H3,(H,23,24). The first kappa shape index (κ1) is 23.1. The van der Waals surface area contributed by atoms with Gasteiger partial charge in [0.15, 0.2) is 0 Å². The maximum Gasteiger partial charge on any atom is 0.306 e. The smallest absolute Gasteiger partial charge is 0.306 e. The zero-order valence-electron chi connectivity index (χ0n) is 16.2. The molecule has 3 heteroatoms. The summed E-state index contributed by atoms with van der Waals surface area (Å²) in [6.45, 7) is 3.73. The van der Waals surface area contributed by atoms with Crippen LogP contribution in [-0.2, 0) is 9.59 Å². The lowest BCUT2D eigenvalue weighted by atomic mass is 9.95. The van der Waals surface area contributed by atoms with Crippen LogP contribution in [0.4, 0.5) is 0 Å². The summed E-state index contributed by atoms with van der Waals surface area (Å²) in [4.78, 5) is 22.1. The molecular weight excluding hydrogens is 300 g/mol. The third-order valence-electron chi connectivity index (χ3n) is 4.79. The second-order valence-electron chi connectivity index (χ2n) is 7.33. The summed E-state index contributed by atoms with van der Waals surface area (Å²) < 4.78 is 0. The molecule has 0 saturated carbocycles. The number of rotatable bonds is 18. The highest BCUT2D eigenvalue weighted by molar-refractivity contribution is 5.81. The highest BCUT2D eigenvalue weighted by Gasteiger charge is 2.18. The van der Waals surface area contributed by atoms with Gasteiger partial charge < -0.3 is 9.90 Å². The summed E-state index contributed by atoms with van der Waals surface area (Å²) in [5.41, 5.74) is 0. The van der Waals surface area contributed by atoms with Crippen LogP contribution < -0.4 is 0 Å². The van der Waals surface area contributed by atoms with Gasteiger partial charge in [-0.05, 0) is 13.3 Å². The summed E-state index contributed by atoms with van der Waals surface area (Å²) in [7, 11) is 0. The molecular formula is C21H40O3. The molecule has 0 rings (SSSR count). The maximum atomic E-state index is 11.0. The average molecular weight is 341 g/mol. The van der Waals surface area contributed by atoms with Gasteiger partial charge >= 0.3 is 5.97 Å². The van der Waals surface area contributed by atoms with Crippen LogP contribution in [0.15, 0.2) is 0 Å². The Bertz CT molecular complexity index is 312. The van der Waals surface area contributed by atoms with Crippen molar-refractivity contribution in [3.63, 3.8) is 0 Å². The normalized spacial score (nSPS) is 12.2. The van der Waals surface area contributed by atoms with E-state index in [0.717, 1.165) is 12.8 Å². The first-order valence-corrected chi connectivity index (χ1v) is 10.3. The average Bonchev–Trinajstić information content (AvgIpc) is 2.53. The summed E-state index contributed by atoms with van der Waals surface area (Å²) in [5.74, 6) is -1.31. The van der Waals surface area contributed by atoms with Crippen molar-refractivity contribution in [2.75, 3.05) is 0 Å². The zero-order chi connectivity index (χ0) is 18.0. The minimum absolute atomic E-state index is 0.0206. The number of carbonyl (C=O) groups is 2. The number of hydrogen-bond acceptors (Lipinski definition) is 2. The van der Waals surface area contributed by atoms with Crippen LogP contribution in [0.25, 0.3) is 0 Å². The third-order valence-corrected chi connectivity index (χ3v) is 4.79. The predicted octanol–water partition coefficient (Wildman–Crippen LogP) is 6.54. The Hall–Kier alpha value is -0.860. The second kappa shape index (κ2) is 17.0. The zero-order valence-corrected chi connectivity index (χ0v) is 16.2. The molecule has 0 aromatic heterocycles. The fourth-order valence-corrected chi connectivity index (χ4v) is 3.25. The quantitative estimate of drug-likeness (QED) is 0.288. The molecule has 142 valence electrons. The lowest BCUT2D eigenvalue weighted by molar-refractivity contribution is -0.143. The van der Waals surface area contributed by atoms with Crippen molar-refractivity contribution in [2.45, 2.75) is 117 Å². The van der Waals surface area contributed by atoms with Gasteiger partial charge in [-0.15, -0.1) is 0 Å². The van der Waals surface area contributed by atoms with Gasteiger partial charge in [0, 0.05) is 6.42 Å². The van der Waals surface area contributed by atoms with Gasteiger partial charge in [0.1, 0.15) is 5.78 Å². The van der Waals surface area contributed by atoms with Gasteiger partial charge in [0.2, 0.25) is 0 Å². The SMILES string of the molecule is CCCCCCCCCCCCCCCCC(CC(C)=O)C(=O)O. The van der Waals surface area contributed by atoms with Crippen molar-refractivity contribution < 1.29 is 14.7 Å². The number of carboxylic acids is 1. The molecule has 1 atom stereocenters. The Labute approximate surface area is 149 Å². The van der Waals surface area contributed by atoms with Crippen LogP contribution in [-0.4, -0.2) is 16.9 Å². The first-order valence-electron chi connectivity index (χ1n) is 10.3. The van der Waals surface area contributed by atoms with Crippen LogP contribution >= 0.6 is 0 Å². The van der Waals surface area contributed by atoms with Gasteiger partial charge in [0.05, 0.1) is 5.92 Å². The van der Waals surface area contributed by atoms with E-state index in [1.54, 1.807) is 0 Å². The molecule has 0 heterocycles. The highest BCUT2D eigenvalue weighted by Crippen LogP contribution is 2.17. The minimum Gasteiger partial charge on any atom is -0.481 e. The van der Waals surface area contributed by atoms with E-state index >= 15 is 0 Å². The summed E-state index contributed by atoms with van der Waals surface area (Å²) >= 11 is 0. The minimum atomic E-state index is -0.820. The van der Waals surface area contributed by atoms with Crippen molar-refractivity contribution in [2.24, 2.45) is 5.92 Å². The van der Waals surface area contributed by atoms with E-state index in [2.05, 4.69) is 6.92 Å². The van der Waals surface area contributed by atoms with Gasteiger partial charge in [-0.3, -0.25) is 4.79 Å². The van der Waals surface area contributed by atoms with Crippen molar-refractivity contribution in [1.29, 1.82) is 0 Å². The molecule has 0 aliphatic carbocycles. The molecule has 0 aromatic carbocycles. The largest absolute Gasteiger partial charge is 0.481 e. The highest BCUT2D eigenvalue weighted by atomic mass is 16.4. The van der Waals surface area contributed by atoms with Crippen molar-refractivity contribution >= 4 is 11.8 Å². The molecule has 0 radical (unpaired) electrons. The second-order valence-corrected chi connectivity index (χ2v) is 7.33. The summed E-state index contributed by atoms with van der Waals surface area (Å²) in [5, 5.41) is 9.07. The van der Waals surface area contributed by atoms with E-state index in [-0.39, 0.29) is 12.2 Å². The number of carboxylic acid groups (broad SMARTS) is 1. The van der Waals surface area contributed by atoms with Crippen LogP contribution in [0.3, 0.4) is 0 Å². The van der Waals surface area contributed by atoms with E-state index in [4.69, 9.17) is 5.11 Å². The monoisotopic (exact) mass is 340 g/mol. The molecule has 1 unspecified atom stereocenters. The van der Waals surface area contributed by atoms with E-state index in [9.17, 15) is 9.59 Å². The molecule has 0 bridgehead atoms. The molecule has 0 aliphatic heterocycles. The van der Waals surface area contributed by atoms with E-state index < -0.39 is 11.9 Å². The molecule has 0 fully saturated rings. The Balaban J connectivity index is 3.30. The van der Waals surface area contributed by atoms with E-state index in [1.165, 1.54) is 84.0 Å². The lowest BCUT2D eigenvalue weighted by Crippen LogP contribution is -2.16. The van der Waals surface area contributed by atoms with Crippen LogP contribution in [0, 0.1) is 5.92 Å². The van der Waals surface area contributed by atoms with Crippen molar-refractivity contribution in [3.05, 3.63) is 0 Å². The number of unbranched alkanes of at least 4 members (excludes halogenated alkanes) is 13. The molecule has 0 spiro atoms. The Morgan fingerprint density at radius 3 is 1.42 bits per heavy atom. The van der Waals surface area contributed by atoms with Gasteiger partial charge in [0.25, 0.3) is 0 Å². The fraction of sp³-hybridized carbons (Fsp3) is 0.905. The van der Waals surface area contributed by atoms with E-state index in [1.807, 2.05) is 0 Å².